The van der Waals surface area contributed by atoms with Gasteiger partial charge in [-0.25, -0.2) is 4.98 Å². The quantitative estimate of drug-likeness (QED) is 0.766. The molecule has 0 unspecified atom stereocenters. The zero-order valence-electron chi connectivity index (χ0n) is 15.4. The van der Waals surface area contributed by atoms with Crippen LogP contribution >= 0.6 is 11.3 Å². The van der Waals surface area contributed by atoms with Crippen LogP contribution in [0.4, 0.5) is 5.13 Å². The number of benzene rings is 1. The molecule has 1 aliphatic rings. The maximum absolute atomic E-state index is 6.06. The van der Waals surface area contributed by atoms with E-state index in [1.54, 1.807) is 25.6 Å². The van der Waals surface area contributed by atoms with Gasteiger partial charge < -0.3 is 15.2 Å². The van der Waals surface area contributed by atoms with Crippen molar-refractivity contribution in [2.75, 3.05) is 20.0 Å². The number of rotatable bonds is 6. The van der Waals surface area contributed by atoms with Gasteiger partial charge in [-0.05, 0) is 43.4 Å². The van der Waals surface area contributed by atoms with Crippen LogP contribution in [0.5, 0.6) is 11.5 Å². The standard InChI is InChI=1S/C20H28N2O2S/c1-13-11-15(23-2)18(16(12-13)24-3)19-17(25-20(21)22-19)10-9-14-7-5-4-6-8-14/h11-12,14H,4-10H2,1-3H3,(H2,21,22). The molecule has 2 N–H and O–H groups in total. The highest BCUT2D eigenvalue weighted by Crippen LogP contribution is 2.43. The normalized spacial score (nSPS) is 15.3. The van der Waals surface area contributed by atoms with Crippen LogP contribution in [0.25, 0.3) is 11.3 Å². The Morgan fingerprint density at radius 1 is 1.12 bits per heavy atom. The van der Waals surface area contributed by atoms with Gasteiger partial charge in [-0.2, -0.15) is 0 Å². The molecule has 1 aromatic heterocycles. The summed E-state index contributed by atoms with van der Waals surface area (Å²) in [5, 5.41) is 0.610. The van der Waals surface area contributed by atoms with E-state index in [0.29, 0.717) is 5.13 Å². The molecule has 1 saturated carbocycles. The van der Waals surface area contributed by atoms with E-state index in [9.17, 15) is 0 Å². The number of hydrogen-bond donors (Lipinski definition) is 1. The van der Waals surface area contributed by atoms with E-state index in [1.165, 1.54) is 43.4 Å². The molecular formula is C20H28N2O2S. The van der Waals surface area contributed by atoms with E-state index in [-0.39, 0.29) is 0 Å². The highest BCUT2D eigenvalue weighted by atomic mass is 32.1. The number of thiazole rings is 1. The molecule has 1 heterocycles. The molecule has 1 aliphatic carbocycles. The summed E-state index contributed by atoms with van der Waals surface area (Å²) in [5.41, 5.74) is 9.01. The maximum Gasteiger partial charge on any atom is 0.180 e. The van der Waals surface area contributed by atoms with Gasteiger partial charge in [-0.1, -0.05) is 32.1 Å². The molecule has 0 amide bonds. The van der Waals surface area contributed by atoms with E-state index in [2.05, 4.69) is 4.98 Å². The monoisotopic (exact) mass is 360 g/mol. The zero-order chi connectivity index (χ0) is 17.8. The number of nitrogens with two attached hydrogens (primary N) is 1. The van der Waals surface area contributed by atoms with Crippen molar-refractivity contribution in [3.05, 3.63) is 22.6 Å². The third kappa shape index (κ3) is 4.09. The highest BCUT2D eigenvalue weighted by Gasteiger charge is 2.22. The van der Waals surface area contributed by atoms with Gasteiger partial charge in [-0.15, -0.1) is 11.3 Å². The van der Waals surface area contributed by atoms with Gasteiger partial charge in [0.15, 0.2) is 5.13 Å². The molecule has 0 bridgehead atoms. The van der Waals surface area contributed by atoms with Gasteiger partial charge in [-0.3, -0.25) is 0 Å². The first-order valence-electron chi connectivity index (χ1n) is 9.10. The number of methoxy groups -OCH3 is 2. The fourth-order valence-corrected chi connectivity index (χ4v) is 4.68. The molecule has 0 atom stereocenters. The molecule has 0 aliphatic heterocycles. The number of aryl methyl sites for hydroxylation is 2. The highest BCUT2D eigenvalue weighted by molar-refractivity contribution is 7.15. The lowest BCUT2D eigenvalue weighted by Crippen LogP contribution is -2.07. The molecule has 4 nitrogen and oxygen atoms in total. The molecule has 2 aromatic rings. The number of aromatic nitrogens is 1. The van der Waals surface area contributed by atoms with Crippen LogP contribution in [0, 0.1) is 12.8 Å². The third-order valence-corrected chi connectivity index (χ3v) is 6.05. The van der Waals surface area contributed by atoms with E-state index in [1.807, 2.05) is 19.1 Å². The summed E-state index contributed by atoms with van der Waals surface area (Å²) in [4.78, 5) is 5.87. The molecule has 0 spiro atoms. The van der Waals surface area contributed by atoms with E-state index in [4.69, 9.17) is 15.2 Å². The maximum atomic E-state index is 6.06. The fraction of sp³-hybridized carbons (Fsp3) is 0.550. The van der Waals surface area contributed by atoms with Crippen molar-refractivity contribution in [3.63, 3.8) is 0 Å². The van der Waals surface area contributed by atoms with Gasteiger partial charge in [0.2, 0.25) is 0 Å². The Kier molecular flexibility index (Phi) is 5.84. The second-order valence-corrected chi connectivity index (χ2v) is 8.03. The van der Waals surface area contributed by atoms with Crippen LogP contribution in [-0.2, 0) is 6.42 Å². The Hall–Kier alpha value is -1.75. The van der Waals surface area contributed by atoms with Crippen molar-refractivity contribution in [3.8, 4) is 22.8 Å². The van der Waals surface area contributed by atoms with Crippen LogP contribution in [0.3, 0.4) is 0 Å². The second kappa shape index (κ2) is 8.09. The van der Waals surface area contributed by atoms with Crippen molar-refractivity contribution in [1.29, 1.82) is 0 Å². The lowest BCUT2D eigenvalue weighted by molar-refractivity contribution is 0.340. The van der Waals surface area contributed by atoms with Crippen molar-refractivity contribution in [1.82, 2.24) is 4.98 Å². The van der Waals surface area contributed by atoms with E-state index < -0.39 is 0 Å². The van der Waals surface area contributed by atoms with Gasteiger partial charge in [0.1, 0.15) is 11.5 Å². The van der Waals surface area contributed by atoms with Gasteiger partial charge in [0, 0.05) is 4.88 Å². The van der Waals surface area contributed by atoms with Crippen molar-refractivity contribution in [2.45, 2.75) is 51.9 Å². The van der Waals surface area contributed by atoms with Gasteiger partial charge in [0.05, 0.1) is 25.5 Å². The Morgan fingerprint density at radius 2 is 1.76 bits per heavy atom. The van der Waals surface area contributed by atoms with Crippen LogP contribution < -0.4 is 15.2 Å². The van der Waals surface area contributed by atoms with Gasteiger partial charge >= 0.3 is 0 Å². The average Bonchev–Trinajstić information content (AvgIpc) is 3.00. The first-order valence-corrected chi connectivity index (χ1v) is 9.92. The zero-order valence-corrected chi connectivity index (χ0v) is 16.2. The first-order chi connectivity index (χ1) is 12.1. The number of ether oxygens (including phenoxy) is 2. The number of nitrogens with zero attached hydrogens (tertiary/aromatic N) is 1. The summed E-state index contributed by atoms with van der Waals surface area (Å²) in [6.45, 7) is 2.04. The number of hydrogen-bond acceptors (Lipinski definition) is 5. The van der Waals surface area contributed by atoms with Crippen molar-refractivity contribution in [2.24, 2.45) is 5.92 Å². The smallest absolute Gasteiger partial charge is 0.180 e. The molecule has 0 radical (unpaired) electrons. The van der Waals surface area contributed by atoms with Crippen molar-refractivity contribution >= 4 is 16.5 Å². The molecular weight excluding hydrogens is 332 g/mol. The van der Waals surface area contributed by atoms with Crippen LogP contribution in [0.2, 0.25) is 0 Å². The molecule has 0 saturated heterocycles. The molecule has 1 aromatic carbocycles. The second-order valence-electron chi connectivity index (χ2n) is 6.91. The first kappa shape index (κ1) is 18.1. The topological polar surface area (TPSA) is 57.4 Å². The summed E-state index contributed by atoms with van der Waals surface area (Å²) < 4.78 is 11.3. The third-order valence-electron chi connectivity index (χ3n) is 5.11. The van der Waals surface area contributed by atoms with E-state index >= 15 is 0 Å². The average molecular weight is 361 g/mol. The van der Waals surface area contributed by atoms with Crippen LogP contribution in [-0.4, -0.2) is 19.2 Å². The Morgan fingerprint density at radius 3 is 2.36 bits per heavy atom. The number of anilines is 1. The fourth-order valence-electron chi connectivity index (χ4n) is 3.82. The van der Waals surface area contributed by atoms with Crippen LogP contribution in [0.15, 0.2) is 12.1 Å². The number of nitrogen functional groups attached to an aromatic ring is 1. The van der Waals surface area contributed by atoms with Gasteiger partial charge in [0.25, 0.3) is 0 Å². The molecule has 136 valence electrons. The SMILES string of the molecule is COc1cc(C)cc(OC)c1-c1nc(N)sc1CCC1CCCCC1. The minimum atomic E-state index is 0.610. The molecule has 1 fully saturated rings. The minimum Gasteiger partial charge on any atom is -0.496 e. The largest absolute Gasteiger partial charge is 0.496 e. The summed E-state index contributed by atoms with van der Waals surface area (Å²) in [5.74, 6) is 2.42. The predicted octanol–water partition coefficient (Wildman–Crippen LogP) is 5.23. The summed E-state index contributed by atoms with van der Waals surface area (Å²) in [6.07, 6.45) is 9.11. The van der Waals surface area contributed by atoms with Crippen LogP contribution in [0.1, 0.15) is 49.0 Å². The Labute approximate surface area is 154 Å². The summed E-state index contributed by atoms with van der Waals surface area (Å²) in [7, 11) is 3.38. The predicted molar refractivity (Wildman–Crippen MR) is 105 cm³/mol. The Bertz CT molecular complexity index is 695. The lowest BCUT2D eigenvalue weighted by Gasteiger charge is -2.21. The molecule has 5 heteroatoms. The molecule has 25 heavy (non-hydrogen) atoms. The Balaban J connectivity index is 1.92. The summed E-state index contributed by atoms with van der Waals surface area (Å²) >= 11 is 1.60. The lowest BCUT2D eigenvalue weighted by atomic mass is 9.86. The summed E-state index contributed by atoms with van der Waals surface area (Å²) in [6, 6.07) is 4.05. The van der Waals surface area contributed by atoms with E-state index in [0.717, 1.165) is 40.7 Å². The minimum absolute atomic E-state index is 0.610. The van der Waals surface area contributed by atoms with Crippen molar-refractivity contribution < 1.29 is 9.47 Å². The molecule has 3 rings (SSSR count).